The lowest BCUT2D eigenvalue weighted by molar-refractivity contribution is -0.678. The van der Waals surface area contributed by atoms with E-state index in [2.05, 4.69) is 73.4 Å². The zero-order chi connectivity index (χ0) is 32.8. The summed E-state index contributed by atoms with van der Waals surface area (Å²) in [6.45, 7) is 10.4. The van der Waals surface area contributed by atoms with Gasteiger partial charge < -0.3 is 60.0 Å². The van der Waals surface area contributed by atoms with Crippen LogP contribution in [0.25, 0.3) is 0 Å². The molecule has 0 aliphatic rings. The molecule has 0 spiro atoms. The summed E-state index contributed by atoms with van der Waals surface area (Å²) < 4.78 is 26.3. The predicted octanol–water partition coefficient (Wildman–Crippen LogP) is -3.92. The van der Waals surface area contributed by atoms with Crippen molar-refractivity contribution < 1.29 is 73.7 Å². The van der Waals surface area contributed by atoms with Crippen LogP contribution < -0.4 is 30.6 Å². The number of rotatable bonds is 15. The number of quaternary nitrogens is 3. The summed E-state index contributed by atoms with van der Waals surface area (Å²) >= 11 is 5.58. The van der Waals surface area contributed by atoms with E-state index in [1.54, 1.807) is 0 Å². The fourth-order valence-electron chi connectivity index (χ4n) is 3.18. The molecule has 0 amide bonds. The SMILES string of the molecule is O=P([O-])(O)O.O=P([O-])(O)O.O=P([O-])(O)O.c1csc(C[NH2+]CCN(CC[NH2+]Cc2cccs2)CC[NH2+]Cc2cccs2)c1. The molecule has 0 aliphatic carbocycles. The topological polar surface area (TPSA) is 295 Å². The van der Waals surface area contributed by atoms with Crippen LogP contribution in [-0.2, 0) is 33.3 Å². The molecule has 3 aromatic rings. The Balaban J connectivity index is 0.000000973. The molecule has 248 valence electrons. The highest BCUT2D eigenvalue weighted by molar-refractivity contribution is 7.44. The molecule has 12 N–H and O–H groups in total. The first-order valence-corrected chi connectivity index (χ1v) is 19.7. The molecule has 16 nitrogen and oxygen atoms in total. The molecule has 0 saturated carbocycles. The number of hydrogen-bond acceptors (Lipinski definition) is 10. The second-order valence-electron chi connectivity index (χ2n) is 8.40. The van der Waals surface area contributed by atoms with Gasteiger partial charge >= 0.3 is 0 Å². The van der Waals surface area contributed by atoms with Crippen LogP contribution in [0.5, 0.6) is 0 Å². The molecule has 0 aromatic carbocycles. The molecule has 0 bridgehead atoms. The smallest absolute Gasteiger partial charge is 0.262 e. The van der Waals surface area contributed by atoms with Gasteiger partial charge in [0.05, 0.1) is 34.3 Å². The van der Waals surface area contributed by atoms with E-state index in [1.807, 2.05) is 34.0 Å². The van der Waals surface area contributed by atoms with E-state index in [1.165, 1.54) is 53.9 Å². The zero-order valence-corrected chi connectivity index (χ0v) is 28.1. The van der Waals surface area contributed by atoms with Gasteiger partial charge in [-0.2, -0.15) is 0 Å². The van der Waals surface area contributed by atoms with Gasteiger partial charge in [0.1, 0.15) is 19.6 Å². The van der Waals surface area contributed by atoms with Crippen molar-refractivity contribution in [3.05, 3.63) is 67.2 Å². The number of thiophene rings is 3. The van der Waals surface area contributed by atoms with Crippen LogP contribution in [0, 0.1) is 0 Å². The second kappa shape index (κ2) is 23.6. The maximum atomic E-state index is 8.77. The zero-order valence-electron chi connectivity index (χ0n) is 22.9. The molecular formula is C21H39N4O12P3S3. The average Bonchev–Trinajstić information content (AvgIpc) is 3.63. The standard InChI is InChI=1S/C21H30N4S3.3H3O4P/c1-4-19(26-13-1)16-22-7-10-25(11-8-23-17-20-5-2-14-27-20)12-9-24-18-21-6-3-15-28-21;3*1-5(2,3)4/h1-6,13-15,22-24H,7-12,16-18H2;3*(H3,1,2,3,4). The van der Waals surface area contributed by atoms with Gasteiger partial charge in [0.15, 0.2) is 0 Å². The van der Waals surface area contributed by atoms with E-state index in [-0.39, 0.29) is 0 Å². The van der Waals surface area contributed by atoms with E-state index >= 15 is 0 Å². The van der Waals surface area contributed by atoms with Gasteiger partial charge in [-0.15, -0.1) is 34.0 Å². The molecule has 0 atom stereocenters. The average molecular weight is 729 g/mol. The lowest BCUT2D eigenvalue weighted by Crippen LogP contribution is -2.86. The third-order valence-corrected chi connectivity index (χ3v) is 7.42. The summed E-state index contributed by atoms with van der Waals surface area (Å²) in [4.78, 5) is 75.8. The summed E-state index contributed by atoms with van der Waals surface area (Å²) in [5.41, 5.74) is 0. The maximum absolute atomic E-state index is 8.77. The van der Waals surface area contributed by atoms with Gasteiger partial charge in [-0.3, -0.25) is 18.6 Å². The van der Waals surface area contributed by atoms with E-state index in [4.69, 9.17) is 57.7 Å². The summed E-state index contributed by atoms with van der Waals surface area (Å²) in [7, 11) is -14.7. The number of hydrogen-bond donors (Lipinski definition) is 9. The minimum absolute atomic E-state index is 1.11. The van der Waals surface area contributed by atoms with Gasteiger partial charge in [0.2, 0.25) is 0 Å². The Labute approximate surface area is 261 Å². The summed E-state index contributed by atoms with van der Waals surface area (Å²) in [5.74, 6) is 0. The molecule has 3 heterocycles. The molecule has 22 heteroatoms. The Morgan fingerprint density at radius 3 is 0.977 bits per heavy atom. The Kier molecular flexibility index (Phi) is 23.2. The molecule has 0 fully saturated rings. The highest BCUT2D eigenvalue weighted by atomic mass is 32.1. The van der Waals surface area contributed by atoms with Crippen LogP contribution in [-0.4, -0.2) is 73.5 Å². The minimum atomic E-state index is -4.89. The number of nitrogens with two attached hydrogens (primary N) is 3. The Hall–Kier alpha value is -0.730. The van der Waals surface area contributed by atoms with Crippen molar-refractivity contribution >= 4 is 57.5 Å². The lowest BCUT2D eigenvalue weighted by Gasteiger charge is -2.19. The second-order valence-corrected chi connectivity index (χ2v) is 14.4. The summed E-state index contributed by atoms with van der Waals surface area (Å²) in [5, 5.41) is 13.9. The molecule has 43 heavy (non-hydrogen) atoms. The van der Waals surface area contributed by atoms with Crippen molar-refractivity contribution in [2.24, 2.45) is 0 Å². The first-order valence-electron chi connectivity index (χ1n) is 12.4. The van der Waals surface area contributed by atoms with Crippen molar-refractivity contribution in [3.8, 4) is 0 Å². The highest BCUT2D eigenvalue weighted by Crippen LogP contribution is 2.19. The van der Waals surface area contributed by atoms with Gasteiger partial charge in [0.25, 0.3) is 23.5 Å². The molecule has 0 saturated heterocycles. The van der Waals surface area contributed by atoms with E-state index in [9.17, 15) is 0 Å². The summed E-state index contributed by atoms with van der Waals surface area (Å²) in [6.07, 6.45) is 0. The minimum Gasteiger partial charge on any atom is -0.756 e. The normalized spacial score (nSPS) is 11.6. The number of nitrogens with zero attached hydrogens (tertiary/aromatic N) is 1. The van der Waals surface area contributed by atoms with Crippen molar-refractivity contribution in [1.29, 1.82) is 0 Å². The van der Waals surface area contributed by atoms with Crippen LogP contribution in [0.4, 0.5) is 0 Å². The molecule has 0 unspecified atom stereocenters. The van der Waals surface area contributed by atoms with E-state index in [0.717, 1.165) is 19.6 Å². The van der Waals surface area contributed by atoms with Crippen molar-refractivity contribution in [1.82, 2.24) is 4.90 Å². The third-order valence-electron chi connectivity index (χ3n) is 4.73. The van der Waals surface area contributed by atoms with Crippen LogP contribution in [0.1, 0.15) is 14.6 Å². The Morgan fingerprint density at radius 2 is 0.791 bits per heavy atom. The van der Waals surface area contributed by atoms with Crippen LogP contribution >= 0.6 is 57.5 Å². The predicted molar refractivity (Wildman–Crippen MR) is 157 cm³/mol. The van der Waals surface area contributed by atoms with Gasteiger partial charge in [-0.05, 0) is 34.3 Å². The number of phosphoric acid groups is 3. The van der Waals surface area contributed by atoms with Crippen LogP contribution in [0.15, 0.2) is 52.5 Å². The molecule has 3 rings (SSSR count). The van der Waals surface area contributed by atoms with Crippen LogP contribution in [0.3, 0.4) is 0 Å². The molecule has 0 radical (unpaired) electrons. The van der Waals surface area contributed by atoms with Gasteiger partial charge in [0, 0.05) is 19.6 Å². The van der Waals surface area contributed by atoms with Crippen molar-refractivity contribution in [2.45, 2.75) is 19.6 Å². The molecule has 3 aromatic heterocycles. The van der Waals surface area contributed by atoms with Crippen LogP contribution in [0.2, 0.25) is 0 Å². The third kappa shape index (κ3) is 37.4. The fourth-order valence-corrected chi connectivity index (χ4v) is 5.29. The van der Waals surface area contributed by atoms with E-state index < -0.39 is 23.5 Å². The maximum Gasteiger partial charge on any atom is 0.262 e. The first-order chi connectivity index (χ1) is 19.9. The Bertz CT molecular complexity index is 1020. The largest absolute Gasteiger partial charge is 0.756 e. The fraction of sp³-hybridized carbons (Fsp3) is 0.429. The Morgan fingerprint density at radius 1 is 0.558 bits per heavy atom. The monoisotopic (exact) mass is 728 g/mol. The summed E-state index contributed by atoms with van der Waals surface area (Å²) in [6, 6.07) is 13.1. The lowest BCUT2D eigenvalue weighted by atomic mass is 10.4. The van der Waals surface area contributed by atoms with Gasteiger partial charge in [-0.1, -0.05) is 18.2 Å². The van der Waals surface area contributed by atoms with Crippen molar-refractivity contribution in [3.63, 3.8) is 0 Å². The highest BCUT2D eigenvalue weighted by Gasteiger charge is 2.09. The van der Waals surface area contributed by atoms with Gasteiger partial charge in [-0.25, -0.2) is 0 Å². The van der Waals surface area contributed by atoms with E-state index in [0.29, 0.717) is 0 Å². The first kappa shape index (κ1) is 42.3. The molecule has 0 aliphatic heterocycles. The quantitative estimate of drug-likeness (QED) is 0.0535. The molecular weight excluding hydrogens is 689 g/mol. The van der Waals surface area contributed by atoms with Crippen molar-refractivity contribution in [2.75, 3.05) is 39.3 Å².